The second-order valence-corrected chi connectivity index (χ2v) is 19.6. The van der Waals surface area contributed by atoms with Crippen molar-refractivity contribution in [3.63, 3.8) is 0 Å². The molecule has 1 aromatic carbocycles. The molecule has 4 saturated carbocycles. The Bertz CT molecular complexity index is 1550. The molecule has 13 atom stereocenters. The number of aliphatic hydroxyl groups excluding tert-OH is 3. The van der Waals surface area contributed by atoms with Crippen molar-refractivity contribution in [1.82, 2.24) is 0 Å². The number of aromatic hydroxyl groups is 1. The molecular formula is C44H64O8. The zero-order valence-electron chi connectivity index (χ0n) is 32.5. The van der Waals surface area contributed by atoms with Gasteiger partial charge in [0, 0.05) is 6.08 Å². The number of phenols is 1. The van der Waals surface area contributed by atoms with E-state index in [0.29, 0.717) is 29.2 Å². The van der Waals surface area contributed by atoms with Gasteiger partial charge in [-0.05, 0) is 139 Å². The molecule has 0 amide bonds. The smallest absolute Gasteiger partial charge is 0.331 e. The Hall–Kier alpha value is -2.23. The quantitative estimate of drug-likeness (QED) is 0.106. The van der Waals surface area contributed by atoms with E-state index in [4.69, 9.17) is 14.2 Å². The maximum absolute atomic E-state index is 12.5. The highest BCUT2D eigenvalue weighted by atomic mass is 16.7. The Morgan fingerprint density at radius 2 is 1.52 bits per heavy atom. The summed E-state index contributed by atoms with van der Waals surface area (Å²) in [6.07, 6.45) is 11.3. The maximum Gasteiger partial charge on any atom is 0.331 e. The molecule has 5 aliphatic carbocycles. The van der Waals surface area contributed by atoms with Gasteiger partial charge in [0.15, 0.2) is 12.4 Å². The Morgan fingerprint density at radius 1 is 0.808 bits per heavy atom. The average molecular weight is 721 g/mol. The van der Waals surface area contributed by atoms with E-state index in [1.54, 1.807) is 23.8 Å². The molecule has 1 saturated heterocycles. The van der Waals surface area contributed by atoms with Crippen LogP contribution < -0.4 is 0 Å². The molecule has 0 spiro atoms. The van der Waals surface area contributed by atoms with Gasteiger partial charge in [-0.1, -0.05) is 72.2 Å². The van der Waals surface area contributed by atoms with Crippen LogP contribution >= 0.6 is 0 Å². The van der Waals surface area contributed by atoms with Gasteiger partial charge in [0.1, 0.15) is 18.0 Å². The normalized spacial score (nSPS) is 45.4. The minimum atomic E-state index is -1.36. The predicted molar refractivity (Wildman–Crippen MR) is 200 cm³/mol. The molecule has 6 aliphatic rings. The topological polar surface area (TPSA) is 126 Å². The summed E-state index contributed by atoms with van der Waals surface area (Å²) in [7, 11) is 0. The first-order valence-electron chi connectivity index (χ1n) is 20.1. The fourth-order valence-corrected chi connectivity index (χ4v) is 13.3. The van der Waals surface area contributed by atoms with Crippen molar-refractivity contribution in [2.24, 2.45) is 50.7 Å². The van der Waals surface area contributed by atoms with Gasteiger partial charge >= 0.3 is 5.97 Å². The maximum atomic E-state index is 12.5. The van der Waals surface area contributed by atoms with Crippen molar-refractivity contribution < 1.29 is 39.4 Å². The molecule has 8 heteroatoms. The number of allylic oxidation sites excluding steroid dienone is 2. The van der Waals surface area contributed by atoms with E-state index in [-0.39, 0.29) is 51.6 Å². The van der Waals surface area contributed by atoms with E-state index in [2.05, 4.69) is 54.5 Å². The summed E-state index contributed by atoms with van der Waals surface area (Å²) < 4.78 is 18.0. The summed E-state index contributed by atoms with van der Waals surface area (Å²) in [6, 6.07) is 6.39. The Morgan fingerprint density at radius 3 is 2.25 bits per heavy atom. The van der Waals surface area contributed by atoms with Gasteiger partial charge in [-0.25, -0.2) is 4.79 Å². The van der Waals surface area contributed by atoms with Crippen molar-refractivity contribution in [3.8, 4) is 5.75 Å². The SMILES string of the molecule is CC1(C)[C@@H](O[C@@H]2OC[C@H](OC(=O)/C=C/c3ccc(O)cc3)[C@H](O)[C@H]2O)CC[C@@]2(C)[C@H]1CC[C@@]1(C)CC3=CC[C@H]4C(C)(C)[C@@H](O)CC[C@]4(C)[C@H]3CC[C@@H]12. The first-order chi connectivity index (χ1) is 24.4. The number of aliphatic hydroxyl groups is 3. The molecule has 0 radical (unpaired) electrons. The highest BCUT2D eigenvalue weighted by molar-refractivity contribution is 5.87. The van der Waals surface area contributed by atoms with Crippen LogP contribution in [0.1, 0.15) is 118 Å². The first-order valence-corrected chi connectivity index (χ1v) is 20.1. The van der Waals surface area contributed by atoms with Gasteiger partial charge in [-0.15, -0.1) is 0 Å². The number of ether oxygens (including phenoxy) is 3. The van der Waals surface area contributed by atoms with Gasteiger partial charge in [-0.2, -0.15) is 0 Å². The number of esters is 1. The van der Waals surface area contributed by atoms with Crippen molar-refractivity contribution >= 4 is 12.0 Å². The van der Waals surface area contributed by atoms with Crippen LogP contribution in [-0.4, -0.2) is 69.8 Å². The van der Waals surface area contributed by atoms with E-state index in [1.165, 1.54) is 43.9 Å². The van der Waals surface area contributed by atoms with Crippen molar-refractivity contribution in [3.05, 3.63) is 47.6 Å². The Balaban J connectivity index is 1.01. The molecule has 1 aromatic rings. The molecular weight excluding hydrogens is 656 g/mol. The number of hydrogen-bond acceptors (Lipinski definition) is 8. The van der Waals surface area contributed by atoms with Crippen molar-refractivity contribution in [2.75, 3.05) is 6.61 Å². The fourth-order valence-electron chi connectivity index (χ4n) is 13.3. The number of hydrogen-bond donors (Lipinski definition) is 4. The number of fused-ring (bicyclic) bond motifs is 6. The lowest BCUT2D eigenvalue weighted by molar-refractivity contribution is -0.307. The molecule has 1 aliphatic heterocycles. The molecule has 0 unspecified atom stereocenters. The lowest BCUT2D eigenvalue weighted by Crippen LogP contribution is -2.61. The van der Waals surface area contributed by atoms with E-state index >= 15 is 0 Å². The van der Waals surface area contributed by atoms with Crippen LogP contribution in [0.25, 0.3) is 6.08 Å². The van der Waals surface area contributed by atoms with Crippen molar-refractivity contribution in [2.45, 2.75) is 149 Å². The fraction of sp³-hybridized carbons (Fsp3) is 0.750. The highest BCUT2D eigenvalue weighted by Crippen LogP contribution is 2.70. The van der Waals surface area contributed by atoms with E-state index in [1.807, 2.05) is 0 Å². The van der Waals surface area contributed by atoms with Crippen LogP contribution in [0.2, 0.25) is 0 Å². The third kappa shape index (κ3) is 6.30. The predicted octanol–water partition coefficient (Wildman–Crippen LogP) is 7.57. The molecule has 1 heterocycles. The number of carbonyl (C=O) groups excluding carboxylic acids is 1. The second kappa shape index (κ2) is 13.5. The monoisotopic (exact) mass is 720 g/mol. The second-order valence-electron chi connectivity index (χ2n) is 19.6. The van der Waals surface area contributed by atoms with Crippen LogP contribution in [0.3, 0.4) is 0 Å². The van der Waals surface area contributed by atoms with E-state index in [0.717, 1.165) is 38.5 Å². The standard InChI is InChI=1S/C44H64O8/c1-40(2)31-15-11-27-24-42(5)21-18-32-41(3,4)35(20-23-44(32,7)33(42)16-14-29(27)43(31,6)22-19-34(40)46)52-39-38(49)37(48)30(25-50-39)51-36(47)17-10-26-8-12-28(45)13-9-26/h8-13,17,29-35,37-39,45-46,48-49H,14-16,18-25H2,1-7H3/b17-10+/t29-,30-,31-,32-,33-,34-,35-,37-,38+,39-,42-,43+,44-/m0/s1. The van der Waals surface area contributed by atoms with Gasteiger partial charge in [0.25, 0.3) is 0 Å². The van der Waals surface area contributed by atoms with Crippen molar-refractivity contribution in [1.29, 1.82) is 0 Å². The number of phenolic OH excluding ortho intramolecular Hbond substituents is 1. The zero-order chi connectivity index (χ0) is 37.4. The molecule has 5 fully saturated rings. The zero-order valence-corrected chi connectivity index (χ0v) is 32.5. The van der Waals surface area contributed by atoms with Gasteiger partial charge in [0.05, 0.1) is 18.8 Å². The van der Waals surface area contributed by atoms with Crippen LogP contribution in [0.5, 0.6) is 5.75 Å². The van der Waals surface area contributed by atoms with Gasteiger partial charge < -0.3 is 34.6 Å². The third-order valence-electron chi connectivity index (χ3n) is 16.1. The van der Waals surface area contributed by atoms with Crippen LogP contribution in [-0.2, 0) is 19.0 Å². The summed E-state index contributed by atoms with van der Waals surface area (Å²) in [4.78, 5) is 12.5. The molecule has 288 valence electrons. The van der Waals surface area contributed by atoms with Crippen LogP contribution in [0.15, 0.2) is 42.0 Å². The number of rotatable bonds is 5. The van der Waals surface area contributed by atoms with Crippen LogP contribution in [0, 0.1) is 50.7 Å². The molecule has 4 N–H and O–H groups in total. The van der Waals surface area contributed by atoms with E-state index < -0.39 is 30.6 Å². The summed E-state index contributed by atoms with van der Waals surface area (Å²) >= 11 is 0. The molecule has 8 nitrogen and oxygen atoms in total. The molecule has 0 aromatic heterocycles. The Kier molecular flexibility index (Phi) is 9.89. The molecule has 0 bridgehead atoms. The van der Waals surface area contributed by atoms with E-state index in [9.17, 15) is 25.2 Å². The average Bonchev–Trinajstić information content (AvgIpc) is 3.24. The summed E-state index contributed by atoms with van der Waals surface area (Å²) in [5.41, 5.74) is 2.81. The minimum Gasteiger partial charge on any atom is -0.508 e. The summed E-state index contributed by atoms with van der Waals surface area (Å²) in [6.45, 7) is 16.9. The van der Waals surface area contributed by atoms with Crippen LogP contribution in [0.4, 0.5) is 0 Å². The number of carbonyl (C=O) groups is 1. The summed E-state index contributed by atoms with van der Waals surface area (Å²) in [5, 5.41) is 42.7. The van der Waals surface area contributed by atoms with Gasteiger partial charge in [0.2, 0.25) is 0 Å². The van der Waals surface area contributed by atoms with Gasteiger partial charge in [-0.3, -0.25) is 0 Å². The third-order valence-corrected chi connectivity index (χ3v) is 16.1. The molecule has 7 rings (SSSR count). The highest BCUT2D eigenvalue weighted by Gasteiger charge is 2.64. The lowest BCUT2D eigenvalue weighted by atomic mass is 9.42. The Labute approximate surface area is 311 Å². The minimum absolute atomic E-state index is 0.0682. The summed E-state index contributed by atoms with van der Waals surface area (Å²) in [5.74, 6) is 1.62. The molecule has 52 heavy (non-hydrogen) atoms. The lowest BCUT2D eigenvalue weighted by Gasteiger charge is -2.64. The first kappa shape index (κ1) is 38.1. The number of benzene rings is 1. The largest absolute Gasteiger partial charge is 0.508 e.